The lowest BCUT2D eigenvalue weighted by Gasteiger charge is -2.23. The van der Waals surface area contributed by atoms with Gasteiger partial charge < -0.3 is 16.4 Å². The van der Waals surface area contributed by atoms with Crippen molar-refractivity contribution in [2.45, 2.75) is 83.7 Å². The lowest BCUT2D eigenvalue weighted by molar-refractivity contribution is -0.141. The Morgan fingerprint density at radius 1 is 0.593 bits per heavy atom. The molecular formula is C45H51N3O6. The Balaban J connectivity index is 1.45. The summed E-state index contributed by atoms with van der Waals surface area (Å²) in [5.41, 5.74) is 10.1. The van der Waals surface area contributed by atoms with Crippen molar-refractivity contribution in [2.24, 2.45) is 17.6 Å². The molecule has 0 aliphatic rings. The Labute approximate surface area is 318 Å². The van der Waals surface area contributed by atoms with Crippen LogP contribution in [0.3, 0.4) is 0 Å². The van der Waals surface area contributed by atoms with Crippen LogP contribution in [0.25, 0.3) is 0 Å². The summed E-state index contributed by atoms with van der Waals surface area (Å²) in [5, 5.41) is 5.23. The van der Waals surface area contributed by atoms with Gasteiger partial charge in [-0.15, -0.1) is 0 Å². The largest absolute Gasteiger partial charge is 0.369 e. The first kappa shape index (κ1) is 41.1. The molecule has 4 aromatic carbocycles. The number of carbonyl (C=O) groups excluding carboxylic acids is 6. The lowest BCUT2D eigenvalue weighted by atomic mass is 9.85. The Morgan fingerprint density at radius 3 is 1.59 bits per heavy atom. The molecule has 4 N–H and O–H groups in total. The van der Waals surface area contributed by atoms with Crippen LogP contribution in [0.1, 0.15) is 68.4 Å². The number of hydrogen-bond acceptors (Lipinski definition) is 6. The van der Waals surface area contributed by atoms with Gasteiger partial charge in [-0.3, -0.25) is 28.8 Å². The second-order valence-electron chi connectivity index (χ2n) is 15.0. The molecule has 0 aliphatic heterocycles. The fourth-order valence-electron chi connectivity index (χ4n) is 6.33. The van der Waals surface area contributed by atoms with Gasteiger partial charge in [-0.1, -0.05) is 136 Å². The third-order valence-corrected chi connectivity index (χ3v) is 9.52. The molecule has 1 unspecified atom stereocenters. The molecule has 0 radical (unpaired) electrons. The van der Waals surface area contributed by atoms with Crippen LogP contribution in [-0.4, -0.2) is 47.2 Å². The first-order chi connectivity index (χ1) is 25.7. The second-order valence-corrected chi connectivity index (χ2v) is 15.0. The SMILES string of the molecule is CC(NC(=O)[C@@H](CC(=O)Cc1ccccc1)Cc1ccccc1)C(=O)C(=O)N[C@@H](Cc1ccccc1)C(=O)C[C@@H](Cc1ccc(C(C)(C)C)cc1)C(N)=O. The Morgan fingerprint density at radius 2 is 1.07 bits per heavy atom. The number of nitrogens with two attached hydrogens (primary N) is 1. The fraction of sp³-hybridized carbons (Fsp3) is 0.333. The predicted octanol–water partition coefficient (Wildman–Crippen LogP) is 5.45. The molecule has 282 valence electrons. The van der Waals surface area contributed by atoms with Gasteiger partial charge >= 0.3 is 0 Å². The summed E-state index contributed by atoms with van der Waals surface area (Å²) in [6.07, 6.45) is 0.430. The van der Waals surface area contributed by atoms with Gasteiger partial charge in [-0.05, 0) is 59.4 Å². The third kappa shape index (κ3) is 12.8. The molecule has 0 aliphatic carbocycles. The second kappa shape index (κ2) is 19.4. The van der Waals surface area contributed by atoms with E-state index in [1.54, 1.807) is 24.3 Å². The Bertz CT molecular complexity index is 1890. The molecule has 4 aromatic rings. The monoisotopic (exact) mass is 729 g/mol. The fourth-order valence-corrected chi connectivity index (χ4v) is 6.33. The number of amides is 3. The normalized spacial score (nSPS) is 13.5. The van der Waals surface area contributed by atoms with Crippen molar-refractivity contribution in [1.82, 2.24) is 10.6 Å². The minimum absolute atomic E-state index is 0.0520. The summed E-state index contributed by atoms with van der Waals surface area (Å²) in [4.78, 5) is 79.9. The van der Waals surface area contributed by atoms with Gasteiger partial charge in [0.05, 0.1) is 12.1 Å². The number of Topliss-reactive ketones (excluding diaryl/α,β-unsaturated/α-hetero) is 3. The summed E-state index contributed by atoms with van der Waals surface area (Å²) in [7, 11) is 0. The number of primary amides is 1. The molecule has 4 atom stereocenters. The summed E-state index contributed by atoms with van der Waals surface area (Å²) >= 11 is 0. The number of benzene rings is 4. The number of hydrogen-bond donors (Lipinski definition) is 3. The summed E-state index contributed by atoms with van der Waals surface area (Å²) < 4.78 is 0. The highest BCUT2D eigenvalue weighted by Crippen LogP contribution is 2.24. The quantitative estimate of drug-likeness (QED) is 0.109. The summed E-state index contributed by atoms with van der Waals surface area (Å²) in [5.74, 6) is -5.39. The highest BCUT2D eigenvalue weighted by Gasteiger charge is 2.32. The molecule has 9 nitrogen and oxygen atoms in total. The minimum atomic E-state index is -1.25. The van der Waals surface area contributed by atoms with Gasteiger partial charge in [0.1, 0.15) is 5.78 Å². The van der Waals surface area contributed by atoms with Crippen LogP contribution in [-0.2, 0) is 59.9 Å². The average Bonchev–Trinajstić information content (AvgIpc) is 3.14. The molecule has 0 spiro atoms. The van der Waals surface area contributed by atoms with E-state index < -0.39 is 53.2 Å². The van der Waals surface area contributed by atoms with Gasteiger partial charge in [0.2, 0.25) is 17.6 Å². The van der Waals surface area contributed by atoms with E-state index in [-0.39, 0.29) is 49.7 Å². The van der Waals surface area contributed by atoms with E-state index in [1.807, 2.05) is 91.0 Å². The standard InChI is InChI=1S/C45H51N3O6/c1-30(47-43(53)36(25-31-14-8-5-9-15-31)28-38(49)26-32-16-10-6-11-17-32)41(51)44(54)48-39(27-33-18-12-7-13-19-33)40(50)29-35(42(46)52)24-34-20-22-37(23-21-34)45(2,3)4/h5-23,30,35-36,39H,24-29H2,1-4H3,(H2,46,52)(H,47,53)(H,48,54)/t30?,35-,36-,39+/m1/s1. The van der Waals surface area contributed by atoms with Crippen molar-refractivity contribution >= 4 is 35.1 Å². The Kier molecular flexibility index (Phi) is 14.7. The first-order valence-electron chi connectivity index (χ1n) is 18.4. The van der Waals surface area contributed by atoms with E-state index in [0.717, 1.165) is 27.8 Å². The van der Waals surface area contributed by atoms with Crippen molar-refractivity contribution in [3.8, 4) is 0 Å². The van der Waals surface area contributed by atoms with Crippen LogP contribution in [0.2, 0.25) is 0 Å². The van der Waals surface area contributed by atoms with E-state index in [1.165, 1.54) is 6.92 Å². The number of ketones is 3. The average molecular weight is 730 g/mol. The highest BCUT2D eigenvalue weighted by atomic mass is 16.2. The predicted molar refractivity (Wildman–Crippen MR) is 209 cm³/mol. The maximum atomic E-state index is 13.8. The van der Waals surface area contributed by atoms with Crippen LogP contribution in [0.4, 0.5) is 0 Å². The summed E-state index contributed by atoms with van der Waals surface area (Å²) in [6.45, 7) is 7.71. The molecule has 0 fully saturated rings. The Hall–Kier alpha value is -5.70. The molecule has 0 aromatic heterocycles. The van der Waals surface area contributed by atoms with Crippen molar-refractivity contribution in [2.75, 3.05) is 0 Å². The zero-order valence-electron chi connectivity index (χ0n) is 31.5. The van der Waals surface area contributed by atoms with Crippen LogP contribution in [0.15, 0.2) is 115 Å². The topological polar surface area (TPSA) is 152 Å². The van der Waals surface area contributed by atoms with Crippen LogP contribution in [0, 0.1) is 11.8 Å². The first-order valence-corrected chi connectivity index (χ1v) is 18.4. The summed E-state index contributed by atoms with van der Waals surface area (Å²) in [6, 6.07) is 32.9. The van der Waals surface area contributed by atoms with E-state index in [4.69, 9.17) is 5.73 Å². The molecule has 9 heteroatoms. The number of rotatable bonds is 19. The van der Waals surface area contributed by atoms with E-state index in [2.05, 4.69) is 31.4 Å². The van der Waals surface area contributed by atoms with Crippen molar-refractivity contribution < 1.29 is 28.8 Å². The molecule has 54 heavy (non-hydrogen) atoms. The molecule has 3 amide bonds. The van der Waals surface area contributed by atoms with E-state index in [9.17, 15) is 28.8 Å². The van der Waals surface area contributed by atoms with Crippen LogP contribution < -0.4 is 16.4 Å². The van der Waals surface area contributed by atoms with Crippen molar-refractivity contribution in [3.05, 3.63) is 143 Å². The van der Waals surface area contributed by atoms with Crippen LogP contribution in [0.5, 0.6) is 0 Å². The van der Waals surface area contributed by atoms with Crippen LogP contribution >= 0.6 is 0 Å². The molecule has 4 rings (SSSR count). The molecule has 0 heterocycles. The minimum Gasteiger partial charge on any atom is -0.369 e. The highest BCUT2D eigenvalue weighted by molar-refractivity contribution is 6.38. The molecule has 0 bridgehead atoms. The van der Waals surface area contributed by atoms with Gasteiger partial charge in [-0.2, -0.15) is 0 Å². The van der Waals surface area contributed by atoms with Gasteiger partial charge in [0.15, 0.2) is 5.78 Å². The zero-order chi connectivity index (χ0) is 39.3. The number of carbonyl (C=O) groups is 6. The smallest absolute Gasteiger partial charge is 0.290 e. The lowest BCUT2D eigenvalue weighted by Crippen LogP contribution is -2.52. The zero-order valence-corrected chi connectivity index (χ0v) is 31.5. The molecule has 0 saturated carbocycles. The van der Waals surface area contributed by atoms with Gasteiger partial charge in [0, 0.05) is 31.1 Å². The van der Waals surface area contributed by atoms with E-state index in [0.29, 0.717) is 0 Å². The van der Waals surface area contributed by atoms with Crippen molar-refractivity contribution in [3.63, 3.8) is 0 Å². The maximum Gasteiger partial charge on any atom is 0.290 e. The van der Waals surface area contributed by atoms with Gasteiger partial charge in [0.25, 0.3) is 5.91 Å². The third-order valence-electron chi connectivity index (χ3n) is 9.52. The van der Waals surface area contributed by atoms with Crippen molar-refractivity contribution in [1.29, 1.82) is 0 Å². The number of nitrogens with one attached hydrogen (secondary N) is 2. The maximum absolute atomic E-state index is 13.8. The van der Waals surface area contributed by atoms with E-state index >= 15 is 0 Å². The van der Waals surface area contributed by atoms with Gasteiger partial charge in [-0.25, -0.2) is 0 Å². The molecule has 0 saturated heterocycles. The molecular weight excluding hydrogens is 679 g/mol.